The second-order valence-corrected chi connectivity index (χ2v) is 6.08. The van der Waals surface area contributed by atoms with Crippen molar-refractivity contribution in [3.8, 4) is 0 Å². The molecule has 1 aliphatic carbocycles. The molecule has 0 radical (unpaired) electrons. The van der Waals surface area contributed by atoms with Crippen molar-refractivity contribution in [1.29, 1.82) is 0 Å². The fourth-order valence-electron chi connectivity index (χ4n) is 3.07. The van der Waals surface area contributed by atoms with Gasteiger partial charge in [-0.1, -0.05) is 26.7 Å². The van der Waals surface area contributed by atoms with Gasteiger partial charge < -0.3 is 5.32 Å². The molecule has 0 saturated heterocycles. The minimum atomic E-state index is 0.504. The van der Waals surface area contributed by atoms with E-state index >= 15 is 0 Å². The Balaban J connectivity index is 1.92. The summed E-state index contributed by atoms with van der Waals surface area (Å²) >= 11 is 0. The van der Waals surface area contributed by atoms with Gasteiger partial charge in [0, 0.05) is 31.4 Å². The maximum Gasteiger partial charge on any atom is 0.0694 e. The predicted molar refractivity (Wildman–Crippen MR) is 75.6 cm³/mol. The van der Waals surface area contributed by atoms with E-state index in [-0.39, 0.29) is 0 Å². The van der Waals surface area contributed by atoms with Crippen LogP contribution in [-0.4, -0.2) is 15.8 Å². The third kappa shape index (κ3) is 3.14. The standard InChI is InChI=1S/C15H27N3/c1-11(2)15-14(10-18(4)17-15)9-16-12(3)13-7-5-6-8-13/h10-13,16H,5-9H2,1-4H3/t12-/m0/s1. The van der Waals surface area contributed by atoms with Crippen LogP contribution in [0, 0.1) is 5.92 Å². The highest BCUT2D eigenvalue weighted by Crippen LogP contribution is 2.27. The van der Waals surface area contributed by atoms with Gasteiger partial charge in [-0.3, -0.25) is 4.68 Å². The fourth-order valence-corrected chi connectivity index (χ4v) is 3.07. The summed E-state index contributed by atoms with van der Waals surface area (Å²) in [5, 5.41) is 8.26. The first-order valence-corrected chi connectivity index (χ1v) is 7.33. The lowest BCUT2D eigenvalue weighted by atomic mass is 9.99. The van der Waals surface area contributed by atoms with Gasteiger partial charge in [0.1, 0.15) is 0 Å². The Morgan fingerprint density at radius 2 is 2.00 bits per heavy atom. The highest BCUT2D eigenvalue weighted by Gasteiger charge is 2.21. The van der Waals surface area contributed by atoms with Gasteiger partial charge in [-0.2, -0.15) is 5.10 Å². The molecule has 102 valence electrons. The molecule has 18 heavy (non-hydrogen) atoms. The van der Waals surface area contributed by atoms with Crippen LogP contribution in [0.15, 0.2) is 6.20 Å². The highest BCUT2D eigenvalue weighted by molar-refractivity contribution is 5.20. The van der Waals surface area contributed by atoms with Crippen LogP contribution in [0.5, 0.6) is 0 Å². The average molecular weight is 249 g/mol. The lowest BCUT2D eigenvalue weighted by molar-refractivity contribution is 0.380. The van der Waals surface area contributed by atoms with E-state index in [1.807, 2.05) is 11.7 Å². The molecule has 0 bridgehead atoms. The second kappa shape index (κ2) is 5.87. The number of aryl methyl sites for hydroxylation is 1. The Morgan fingerprint density at radius 3 is 2.61 bits per heavy atom. The predicted octanol–water partition coefficient (Wildman–Crippen LogP) is 3.21. The molecule has 0 spiro atoms. The Hall–Kier alpha value is -0.830. The molecule has 2 rings (SSSR count). The van der Waals surface area contributed by atoms with Crippen molar-refractivity contribution in [3.63, 3.8) is 0 Å². The summed E-state index contributed by atoms with van der Waals surface area (Å²) in [6, 6.07) is 0.632. The quantitative estimate of drug-likeness (QED) is 0.868. The summed E-state index contributed by atoms with van der Waals surface area (Å²) in [4.78, 5) is 0. The maximum absolute atomic E-state index is 4.56. The first kappa shape index (κ1) is 13.6. The van der Waals surface area contributed by atoms with E-state index in [4.69, 9.17) is 0 Å². The van der Waals surface area contributed by atoms with Gasteiger partial charge >= 0.3 is 0 Å². The molecule has 1 N–H and O–H groups in total. The number of hydrogen-bond donors (Lipinski definition) is 1. The minimum Gasteiger partial charge on any atom is -0.310 e. The van der Waals surface area contributed by atoms with Crippen LogP contribution in [0.3, 0.4) is 0 Å². The molecule has 0 aromatic carbocycles. The van der Waals surface area contributed by atoms with Crippen LogP contribution >= 0.6 is 0 Å². The Kier molecular flexibility index (Phi) is 4.44. The molecule has 0 amide bonds. The lowest BCUT2D eigenvalue weighted by Crippen LogP contribution is -2.31. The topological polar surface area (TPSA) is 29.9 Å². The van der Waals surface area contributed by atoms with Crippen molar-refractivity contribution in [2.45, 2.75) is 65.0 Å². The van der Waals surface area contributed by atoms with E-state index in [0.29, 0.717) is 12.0 Å². The monoisotopic (exact) mass is 249 g/mol. The molecule has 1 aliphatic rings. The minimum absolute atomic E-state index is 0.504. The molecule has 1 heterocycles. The Morgan fingerprint density at radius 1 is 1.33 bits per heavy atom. The molecule has 0 unspecified atom stereocenters. The summed E-state index contributed by atoms with van der Waals surface area (Å²) in [6.07, 6.45) is 7.79. The maximum atomic E-state index is 4.56. The highest BCUT2D eigenvalue weighted by atomic mass is 15.3. The number of aromatic nitrogens is 2. The molecule has 3 heteroatoms. The normalized spacial score (nSPS) is 18.7. The van der Waals surface area contributed by atoms with Gasteiger partial charge in [-0.15, -0.1) is 0 Å². The van der Waals surface area contributed by atoms with E-state index < -0.39 is 0 Å². The SMILES string of the molecule is CC(C)c1nn(C)cc1CN[C@@H](C)C1CCCC1. The van der Waals surface area contributed by atoms with E-state index in [1.54, 1.807) is 0 Å². The van der Waals surface area contributed by atoms with Crippen molar-refractivity contribution in [1.82, 2.24) is 15.1 Å². The van der Waals surface area contributed by atoms with Crippen molar-refractivity contribution >= 4 is 0 Å². The third-order valence-electron chi connectivity index (χ3n) is 4.21. The molecular formula is C15H27N3. The summed E-state index contributed by atoms with van der Waals surface area (Å²) in [7, 11) is 2.01. The molecule has 1 fully saturated rings. The van der Waals surface area contributed by atoms with Crippen LogP contribution in [0.2, 0.25) is 0 Å². The zero-order valence-electron chi connectivity index (χ0n) is 12.2. The van der Waals surface area contributed by atoms with Crippen LogP contribution in [0.4, 0.5) is 0 Å². The van der Waals surface area contributed by atoms with Crippen molar-refractivity contribution < 1.29 is 0 Å². The number of nitrogens with one attached hydrogen (secondary N) is 1. The second-order valence-electron chi connectivity index (χ2n) is 6.08. The molecule has 1 atom stereocenters. The molecular weight excluding hydrogens is 222 g/mol. The van der Waals surface area contributed by atoms with E-state index in [1.165, 1.54) is 36.9 Å². The summed E-state index contributed by atoms with van der Waals surface area (Å²) in [5.74, 6) is 1.38. The van der Waals surface area contributed by atoms with Crippen molar-refractivity contribution in [2.75, 3.05) is 0 Å². The van der Waals surface area contributed by atoms with Gasteiger partial charge in [0.15, 0.2) is 0 Å². The number of rotatable bonds is 5. The smallest absolute Gasteiger partial charge is 0.0694 e. The first-order chi connectivity index (χ1) is 8.58. The van der Waals surface area contributed by atoms with Gasteiger partial charge in [0.05, 0.1) is 5.69 Å². The number of hydrogen-bond acceptors (Lipinski definition) is 2. The zero-order valence-corrected chi connectivity index (χ0v) is 12.2. The third-order valence-corrected chi connectivity index (χ3v) is 4.21. The first-order valence-electron chi connectivity index (χ1n) is 7.33. The summed E-state index contributed by atoms with van der Waals surface area (Å²) in [6.45, 7) is 7.72. The average Bonchev–Trinajstić information content (AvgIpc) is 2.94. The Labute approximate surface area is 111 Å². The number of nitrogens with zero attached hydrogens (tertiary/aromatic N) is 2. The molecule has 0 aliphatic heterocycles. The van der Waals surface area contributed by atoms with Crippen molar-refractivity contribution in [2.24, 2.45) is 13.0 Å². The zero-order chi connectivity index (χ0) is 13.1. The summed E-state index contributed by atoms with van der Waals surface area (Å²) < 4.78 is 1.94. The molecule has 1 aromatic heterocycles. The molecule has 1 aromatic rings. The molecule has 3 nitrogen and oxygen atoms in total. The summed E-state index contributed by atoms with van der Waals surface area (Å²) in [5.41, 5.74) is 2.60. The largest absolute Gasteiger partial charge is 0.310 e. The lowest BCUT2D eigenvalue weighted by Gasteiger charge is -2.20. The van der Waals surface area contributed by atoms with Crippen LogP contribution in [0.25, 0.3) is 0 Å². The van der Waals surface area contributed by atoms with Gasteiger partial charge in [-0.25, -0.2) is 0 Å². The van der Waals surface area contributed by atoms with E-state index in [2.05, 4.69) is 37.4 Å². The van der Waals surface area contributed by atoms with Gasteiger partial charge in [-0.05, 0) is 31.6 Å². The van der Waals surface area contributed by atoms with Gasteiger partial charge in [0.2, 0.25) is 0 Å². The van der Waals surface area contributed by atoms with E-state index in [0.717, 1.165) is 12.5 Å². The fraction of sp³-hybridized carbons (Fsp3) is 0.800. The van der Waals surface area contributed by atoms with Crippen LogP contribution in [-0.2, 0) is 13.6 Å². The Bertz CT molecular complexity index is 375. The van der Waals surface area contributed by atoms with Crippen LogP contribution < -0.4 is 5.32 Å². The molecule has 1 saturated carbocycles. The van der Waals surface area contributed by atoms with Crippen molar-refractivity contribution in [3.05, 3.63) is 17.5 Å². The van der Waals surface area contributed by atoms with Gasteiger partial charge in [0.25, 0.3) is 0 Å². The van der Waals surface area contributed by atoms with E-state index in [9.17, 15) is 0 Å². The van der Waals surface area contributed by atoms with Crippen LogP contribution in [0.1, 0.15) is 63.6 Å².